The maximum absolute atomic E-state index is 12.7. The van der Waals surface area contributed by atoms with E-state index in [9.17, 15) is 13.2 Å². The molecule has 0 spiro atoms. The minimum absolute atomic E-state index is 0.323. The zero-order valence-electron chi connectivity index (χ0n) is 22.3. The second-order valence-electron chi connectivity index (χ2n) is 9.35. The van der Waals surface area contributed by atoms with E-state index in [0.29, 0.717) is 22.7 Å². The van der Waals surface area contributed by atoms with Crippen LogP contribution in [0.4, 0.5) is 47.3 Å². The van der Waals surface area contributed by atoms with Crippen molar-refractivity contribution in [2.75, 3.05) is 19.0 Å². The largest absolute Gasteiger partial charge is 0.416 e. The SMILES string of the molecule is CN(C)c1ccc(C=Nc2ccc(N=Nc3ccc(N=Nc4ccc(C(F)(F)F)cc4)cc3)c3ccccc23)cc1. The lowest BCUT2D eigenvalue weighted by molar-refractivity contribution is -0.137. The highest BCUT2D eigenvalue weighted by atomic mass is 19.4. The van der Waals surface area contributed by atoms with Crippen molar-refractivity contribution in [2.45, 2.75) is 6.18 Å². The van der Waals surface area contributed by atoms with Crippen molar-refractivity contribution in [3.8, 4) is 0 Å². The van der Waals surface area contributed by atoms with Gasteiger partial charge in [0, 0.05) is 36.8 Å². The van der Waals surface area contributed by atoms with E-state index in [0.717, 1.165) is 39.8 Å². The molecule has 0 amide bonds. The zero-order valence-corrected chi connectivity index (χ0v) is 22.3. The number of benzene rings is 5. The third kappa shape index (κ3) is 6.88. The van der Waals surface area contributed by atoms with Gasteiger partial charge in [-0.15, -0.1) is 5.11 Å². The maximum atomic E-state index is 12.7. The molecule has 0 aliphatic carbocycles. The predicted octanol–water partition coefficient (Wildman–Crippen LogP) is 10.5. The fourth-order valence-corrected chi connectivity index (χ4v) is 4.00. The standard InChI is InChI=1S/C32H25F3N6/c1-41(2)27-17-7-22(8-18-27)21-36-30-19-20-31(29-6-4-3-5-28(29)30)40-39-26-15-13-25(14-16-26)38-37-24-11-9-23(10-12-24)32(33,34)35/h3-21H,1-2H3. The Balaban J connectivity index is 1.30. The van der Waals surface area contributed by atoms with Gasteiger partial charge < -0.3 is 4.90 Å². The molecule has 41 heavy (non-hydrogen) atoms. The molecule has 5 aromatic rings. The molecule has 5 aromatic carbocycles. The van der Waals surface area contributed by atoms with E-state index >= 15 is 0 Å². The fraction of sp³-hybridized carbons (Fsp3) is 0.0938. The van der Waals surface area contributed by atoms with E-state index in [1.165, 1.54) is 12.1 Å². The van der Waals surface area contributed by atoms with E-state index in [4.69, 9.17) is 4.99 Å². The molecule has 6 nitrogen and oxygen atoms in total. The molecule has 0 N–H and O–H groups in total. The summed E-state index contributed by atoms with van der Waals surface area (Å²) in [4.78, 5) is 6.77. The molecule has 0 aliphatic heterocycles. The van der Waals surface area contributed by atoms with Crippen LogP contribution >= 0.6 is 0 Å². The van der Waals surface area contributed by atoms with Gasteiger partial charge in [-0.3, -0.25) is 4.99 Å². The Labute approximate surface area is 235 Å². The molecule has 5 rings (SSSR count). The molecule has 0 heterocycles. The Kier molecular flexibility index (Phi) is 7.96. The zero-order chi connectivity index (χ0) is 28.8. The molecular weight excluding hydrogens is 525 g/mol. The van der Waals surface area contributed by atoms with Crippen molar-refractivity contribution < 1.29 is 13.2 Å². The lowest BCUT2D eigenvalue weighted by Gasteiger charge is -2.11. The average molecular weight is 551 g/mol. The topological polar surface area (TPSA) is 65.0 Å². The molecular formula is C32H25F3N6. The van der Waals surface area contributed by atoms with Crippen molar-refractivity contribution in [3.63, 3.8) is 0 Å². The molecule has 0 aliphatic rings. The monoisotopic (exact) mass is 550 g/mol. The molecule has 9 heteroatoms. The predicted molar refractivity (Wildman–Crippen MR) is 158 cm³/mol. The first kappa shape index (κ1) is 27.4. The summed E-state index contributed by atoms with van der Waals surface area (Å²) in [6, 6.07) is 31.3. The fourth-order valence-electron chi connectivity index (χ4n) is 4.00. The number of aliphatic imine (C=N–C) groups is 1. The third-order valence-corrected chi connectivity index (χ3v) is 6.24. The number of rotatable bonds is 7. The van der Waals surface area contributed by atoms with Gasteiger partial charge in [0.15, 0.2) is 0 Å². The van der Waals surface area contributed by atoms with Gasteiger partial charge in [-0.05, 0) is 78.4 Å². The van der Waals surface area contributed by atoms with Crippen LogP contribution in [-0.4, -0.2) is 20.3 Å². The first-order valence-electron chi connectivity index (χ1n) is 12.7. The van der Waals surface area contributed by atoms with Crippen LogP contribution in [0, 0.1) is 0 Å². The number of fused-ring (bicyclic) bond motifs is 1. The number of hydrogen-bond donors (Lipinski definition) is 0. The van der Waals surface area contributed by atoms with E-state index in [1.54, 1.807) is 24.3 Å². The van der Waals surface area contributed by atoms with Gasteiger partial charge in [0.25, 0.3) is 0 Å². The van der Waals surface area contributed by atoms with Gasteiger partial charge in [-0.25, -0.2) is 0 Å². The van der Waals surface area contributed by atoms with Crippen molar-refractivity contribution in [1.82, 2.24) is 0 Å². The van der Waals surface area contributed by atoms with Crippen LogP contribution < -0.4 is 4.90 Å². The summed E-state index contributed by atoms with van der Waals surface area (Å²) in [5.74, 6) is 0. The molecule has 0 fully saturated rings. The van der Waals surface area contributed by atoms with Crippen LogP contribution in [0.2, 0.25) is 0 Å². The summed E-state index contributed by atoms with van der Waals surface area (Å²) in [5.41, 5.74) is 4.42. The Bertz CT molecular complexity index is 1720. The summed E-state index contributed by atoms with van der Waals surface area (Å²) in [7, 11) is 4.01. The summed E-state index contributed by atoms with van der Waals surface area (Å²) in [6.07, 6.45) is -2.54. The van der Waals surface area contributed by atoms with Crippen LogP contribution in [0.3, 0.4) is 0 Å². The van der Waals surface area contributed by atoms with Gasteiger partial charge in [0.05, 0.1) is 34.0 Å². The van der Waals surface area contributed by atoms with Crippen LogP contribution in [-0.2, 0) is 6.18 Å². The Morgan fingerprint density at radius 3 is 1.59 bits per heavy atom. The third-order valence-electron chi connectivity index (χ3n) is 6.24. The minimum Gasteiger partial charge on any atom is -0.378 e. The van der Waals surface area contributed by atoms with E-state index in [-0.39, 0.29) is 0 Å². The van der Waals surface area contributed by atoms with Crippen molar-refractivity contribution in [3.05, 3.63) is 120 Å². The van der Waals surface area contributed by atoms with E-state index < -0.39 is 11.7 Å². The van der Waals surface area contributed by atoms with Gasteiger partial charge in [0.2, 0.25) is 0 Å². The molecule has 0 radical (unpaired) electrons. The lowest BCUT2D eigenvalue weighted by atomic mass is 10.1. The average Bonchev–Trinajstić information content (AvgIpc) is 2.98. The number of hydrogen-bond acceptors (Lipinski definition) is 6. The Morgan fingerprint density at radius 1 is 0.561 bits per heavy atom. The number of anilines is 1. The quantitative estimate of drug-likeness (QED) is 0.147. The Morgan fingerprint density at radius 2 is 1.05 bits per heavy atom. The smallest absolute Gasteiger partial charge is 0.378 e. The van der Waals surface area contributed by atoms with E-state index in [1.807, 2.05) is 73.7 Å². The maximum Gasteiger partial charge on any atom is 0.416 e. The highest BCUT2D eigenvalue weighted by Crippen LogP contribution is 2.35. The van der Waals surface area contributed by atoms with Crippen molar-refractivity contribution in [1.29, 1.82) is 0 Å². The number of halogens is 3. The molecule has 0 atom stereocenters. The van der Waals surface area contributed by atoms with Crippen LogP contribution in [0.15, 0.2) is 135 Å². The highest BCUT2D eigenvalue weighted by Gasteiger charge is 2.29. The van der Waals surface area contributed by atoms with E-state index in [2.05, 4.69) is 32.6 Å². The highest BCUT2D eigenvalue weighted by molar-refractivity contribution is 6.01. The summed E-state index contributed by atoms with van der Waals surface area (Å²) < 4.78 is 38.1. The first-order valence-corrected chi connectivity index (χ1v) is 12.7. The van der Waals surface area contributed by atoms with Gasteiger partial charge in [-0.1, -0.05) is 36.4 Å². The van der Waals surface area contributed by atoms with Crippen molar-refractivity contribution in [2.24, 2.45) is 25.4 Å². The molecule has 0 bridgehead atoms. The molecule has 0 saturated heterocycles. The molecule has 0 aromatic heterocycles. The molecule has 0 saturated carbocycles. The summed E-state index contributed by atoms with van der Waals surface area (Å²) in [6.45, 7) is 0. The van der Waals surface area contributed by atoms with Crippen LogP contribution in [0.1, 0.15) is 11.1 Å². The van der Waals surface area contributed by atoms with Crippen molar-refractivity contribution >= 4 is 51.1 Å². The summed E-state index contributed by atoms with van der Waals surface area (Å²) >= 11 is 0. The van der Waals surface area contributed by atoms with Gasteiger partial charge >= 0.3 is 6.18 Å². The van der Waals surface area contributed by atoms with Crippen LogP contribution in [0.25, 0.3) is 10.8 Å². The molecule has 0 unspecified atom stereocenters. The first-order chi connectivity index (χ1) is 19.8. The lowest BCUT2D eigenvalue weighted by Crippen LogP contribution is -2.08. The number of alkyl halides is 3. The second kappa shape index (κ2) is 11.9. The number of azo groups is 2. The van der Waals surface area contributed by atoms with Gasteiger partial charge in [-0.2, -0.15) is 28.5 Å². The normalized spacial score (nSPS) is 12.2. The Hall–Kier alpha value is -5.18. The van der Waals surface area contributed by atoms with Crippen LogP contribution in [0.5, 0.6) is 0 Å². The molecule has 204 valence electrons. The number of nitrogens with zero attached hydrogens (tertiary/aromatic N) is 6. The minimum atomic E-state index is -4.39. The second-order valence-corrected chi connectivity index (χ2v) is 9.35. The van der Waals surface area contributed by atoms with Gasteiger partial charge in [0.1, 0.15) is 0 Å². The summed E-state index contributed by atoms with van der Waals surface area (Å²) in [5, 5.41) is 18.8.